The summed E-state index contributed by atoms with van der Waals surface area (Å²) in [4.78, 5) is 27.0. The minimum atomic E-state index is -0.769. The lowest BCUT2D eigenvalue weighted by Crippen LogP contribution is -2.50. The van der Waals surface area contributed by atoms with Crippen LogP contribution in [-0.4, -0.2) is 35.4 Å². The van der Waals surface area contributed by atoms with Gasteiger partial charge in [0.2, 0.25) is 5.91 Å². The SMILES string of the molecule is CCC(C)NC(=O)C(C)N(Cc1ccccc1F)C(=O)COc1ccc(C)c(C)c1. The number of nitrogens with one attached hydrogen (secondary N) is 1. The lowest BCUT2D eigenvalue weighted by molar-refractivity contribution is -0.142. The maximum Gasteiger partial charge on any atom is 0.261 e. The first-order valence-corrected chi connectivity index (χ1v) is 10.3. The standard InChI is InChI=1S/C24H31FN2O3/c1-6-18(4)26-24(29)19(5)27(14-20-9-7-8-10-22(20)25)23(28)15-30-21-12-11-16(2)17(3)13-21/h7-13,18-19H,6,14-15H2,1-5H3,(H,26,29). The Morgan fingerprint density at radius 3 is 2.43 bits per heavy atom. The van der Waals surface area contributed by atoms with Crippen molar-refractivity contribution in [2.75, 3.05) is 6.61 Å². The third-order valence-electron chi connectivity index (χ3n) is 5.31. The second-order valence-electron chi connectivity index (χ2n) is 7.64. The van der Waals surface area contributed by atoms with E-state index in [9.17, 15) is 14.0 Å². The molecule has 0 radical (unpaired) electrons. The van der Waals surface area contributed by atoms with E-state index in [1.807, 2.05) is 39.8 Å². The lowest BCUT2D eigenvalue weighted by atomic mass is 10.1. The van der Waals surface area contributed by atoms with Crippen molar-refractivity contribution in [1.82, 2.24) is 10.2 Å². The zero-order valence-corrected chi connectivity index (χ0v) is 18.4. The first-order chi connectivity index (χ1) is 14.2. The molecule has 2 aromatic carbocycles. The fraction of sp³-hybridized carbons (Fsp3) is 0.417. The fourth-order valence-electron chi connectivity index (χ4n) is 2.89. The average molecular weight is 415 g/mol. The fourth-order valence-corrected chi connectivity index (χ4v) is 2.89. The quantitative estimate of drug-likeness (QED) is 0.671. The zero-order valence-electron chi connectivity index (χ0n) is 18.4. The molecule has 0 aromatic heterocycles. The largest absolute Gasteiger partial charge is 0.484 e. The number of halogens is 1. The third-order valence-corrected chi connectivity index (χ3v) is 5.31. The summed E-state index contributed by atoms with van der Waals surface area (Å²) < 4.78 is 19.9. The molecule has 1 N–H and O–H groups in total. The molecule has 2 unspecified atom stereocenters. The van der Waals surface area contributed by atoms with Gasteiger partial charge in [-0.05, 0) is 63.4 Å². The molecule has 0 aliphatic heterocycles. The topological polar surface area (TPSA) is 58.6 Å². The Kier molecular flexibility index (Phi) is 8.39. The summed E-state index contributed by atoms with van der Waals surface area (Å²) in [5.74, 6) is -0.502. The number of carbonyl (C=O) groups is 2. The van der Waals surface area contributed by atoms with Crippen LogP contribution in [0.2, 0.25) is 0 Å². The van der Waals surface area contributed by atoms with Gasteiger partial charge in [-0.1, -0.05) is 31.2 Å². The molecule has 6 heteroatoms. The molecule has 2 aromatic rings. The zero-order chi connectivity index (χ0) is 22.3. The van der Waals surface area contributed by atoms with E-state index in [1.54, 1.807) is 31.2 Å². The van der Waals surface area contributed by atoms with E-state index in [2.05, 4.69) is 5.32 Å². The van der Waals surface area contributed by atoms with E-state index in [4.69, 9.17) is 4.74 Å². The summed E-state index contributed by atoms with van der Waals surface area (Å²) in [5, 5.41) is 2.89. The van der Waals surface area contributed by atoms with Crippen LogP contribution in [0.15, 0.2) is 42.5 Å². The summed E-state index contributed by atoms with van der Waals surface area (Å²) in [6.45, 7) is 9.22. The Balaban J connectivity index is 2.18. The number of rotatable bonds is 9. The highest BCUT2D eigenvalue weighted by Gasteiger charge is 2.27. The molecule has 0 saturated carbocycles. The molecule has 0 saturated heterocycles. The lowest BCUT2D eigenvalue weighted by Gasteiger charge is -2.29. The van der Waals surface area contributed by atoms with E-state index < -0.39 is 11.9 Å². The van der Waals surface area contributed by atoms with Crippen molar-refractivity contribution in [3.05, 3.63) is 65.0 Å². The van der Waals surface area contributed by atoms with Gasteiger partial charge < -0.3 is 15.0 Å². The summed E-state index contributed by atoms with van der Waals surface area (Å²) in [5.41, 5.74) is 2.54. The molecular formula is C24H31FN2O3. The Morgan fingerprint density at radius 2 is 1.80 bits per heavy atom. The number of hydrogen-bond acceptors (Lipinski definition) is 3. The Morgan fingerprint density at radius 1 is 1.10 bits per heavy atom. The Labute approximate surface area is 178 Å². The van der Waals surface area contributed by atoms with Gasteiger partial charge in [-0.2, -0.15) is 0 Å². The van der Waals surface area contributed by atoms with Crippen LogP contribution >= 0.6 is 0 Å². The van der Waals surface area contributed by atoms with E-state index in [1.165, 1.54) is 11.0 Å². The molecule has 0 aliphatic carbocycles. The van der Waals surface area contributed by atoms with Crippen molar-refractivity contribution < 1.29 is 18.7 Å². The molecule has 0 aliphatic rings. The number of amides is 2. The number of nitrogens with zero attached hydrogens (tertiary/aromatic N) is 1. The van der Waals surface area contributed by atoms with Crippen LogP contribution in [0, 0.1) is 19.7 Å². The average Bonchev–Trinajstić information content (AvgIpc) is 2.73. The second kappa shape index (κ2) is 10.8. The Hall–Kier alpha value is -2.89. The molecule has 2 atom stereocenters. The van der Waals surface area contributed by atoms with Crippen LogP contribution in [0.4, 0.5) is 4.39 Å². The van der Waals surface area contributed by atoms with Gasteiger partial charge in [0.05, 0.1) is 0 Å². The van der Waals surface area contributed by atoms with Crippen LogP contribution < -0.4 is 10.1 Å². The highest BCUT2D eigenvalue weighted by atomic mass is 19.1. The summed E-state index contributed by atoms with van der Waals surface area (Å²) in [7, 11) is 0. The minimum Gasteiger partial charge on any atom is -0.484 e. The van der Waals surface area contributed by atoms with Crippen LogP contribution in [0.5, 0.6) is 5.75 Å². The van der Waals surface area contributed by atoms with Gasteiger partial charge in [0.1, 0.15) is 17.6 Å². The molecule has 162 valence electrons. The molecular weight excluding hydrogens is 383 g/mol. The van der Waals surface area contributed by atoms with Gasteiger partial charge in [-0.25, -0.2) is 4.39 Å². The predicted molar refractivity (Wildman–Crippen MR) is 116 cm³/mol. The highest BCUT2D eigenvalue weighted by molar-refractivity contribution is 5.88. The summed E-state index contributed by atoms with van der Waals surface area (Å²) in [6, 6.07) is 11.1. The van der Waals surface area contributed by atoms with Crippen molar-refractivity contribution in [2.45, 2.75) is 59.7 Å². The van der Waals surface area contributed by atoms with Gasteiger partial charge in [0.25, 0.3) is 5.91 Å². The normalized spacial score (nSPS) is 12.7. The van der Waals surface area contributed by atoms with E-state index in [0.717, 1.165) is 17.5 Å². The molecule has 5 nitrogen and oxygen atoms in total. The summed E-state index contributed by atoms with van der Waals surface area (Å²) in [6.07, 6.45) is 0.773. The van der Waals surface area contributed by atoms with Gasteiger partial charge in [-0.15, -0.1) is 0 Å². The molecule has 0 spiro atoms. The third kappa shape index (κ3) is 6.31. The first-order valence-electron chi connectivity index (χ1n) is 10.3. The highest BCUT2D eigenvalue weighted by Crippen LogP contribution is 2.18. The maximum atomic E-state index is 14.2. The van der Waals surface area contributed by atoms with Crippen LogP contribution in [0.3, 0.4) is 0 Å². The number of benzene rings is 2. The van der Waals surface area contributed by atoms with E-state index in [-0.39, 0.29) is 31.0 Å². The van der Waals surface area contributed by atoms with Crippen LogP contribution in [-0.2, 0) is 16.1 Å². The smallest absolute Gasteiger partial charge is 0.261 e. The maximum absolute atomic E-state index is 14.2. The van der Waals surface area contributed by atoms with Crippen molar-refractivity contribution in [1.29, 1.82) is 0 Å². The van der Waals surface area contributed by atoms with Gasteiger partial charge in [0, 0.05) is 18.2 Å². The molecule has 2 amide bonds. The van der Waals surface area contributed by atoms with Gasteiger partial charge >= 0.3 is 0 Å². The minimum absolute atomic E-state index is 0.0165. The van der Waals surface area contributed by atoms with Crippen LogP contribution in [0.25, 0.3) is 0 Å². The summed E-state index contributed by atoms with van der Waals surface area (Å²) >= 11 is 0. The number of carbonyl (C=O) groups excluding carboxylic acids is 2. The van der Waals surface area contributed by atoms with Crippen LogP contribution in [0.1, 0.15) is 43.9 Å². The number of hydrogen-bond donors (Lipinski definition) is 1. The number of aryl methyl sites for hydroxylation is 2. The van der Waals surface area contributed by atoms with Gasteiger partial charge in [-0.3, -0.25) is 9.59 Å². The van der Waals surface area contributed by atoms with Crippen molar-refractivity contribution in [3.63, 3.8) is 0 Å². The first kappa shape index (κ1) is 23.4. The monoisotopic (exact) mass is 414 g/mol. The van der Waals surface area contributed by atoms with Crippen molar-refractivity contribution in [3.8, 4) is 5.75 Å². The molecule has 0 heterocycles. The van der Waals surface area contributed by atoms with Crippen molar-refractivity contribution >= 4 is 11.8 Å². The van der Waals surface area contributed by atoms with Gasteiger partial charge in [0.15, 0.2) is 6.61 Å². The molecule has 0 fully saturated rings. The van der Waals surface area contributed by atoms with E-state index in [0.29, 0.717) is 11.3 Å². The predicted octanol–water partition coefficient (Wildman–Crippen LogP) is 4.15. The number of ether oxygens (including phenoxy) is 1. The van der Waals surface area contributed by atoms with E-state index >= 15 is 0 Å². The Bertz CT molecular complexity index is 885. The molecule has 0 bridgehead atoms. The van der Waals surface area contributed by atoms with Crippen molar-refractivity contribution in [2.24, 2.45) is 0 Å². The second-order valence-corrected chi connectivity index (χ2v) is 7.64. The molecule has 2 rings (SSSR count). The molecule has 30 heavy (non-hydrogen) atoms.